The van der Waals surface area contributed by atoms with E-state index >= 15 is 0 Å². The highest BCUT2D eigenvalue weighted by Gasteiger charge is 2.25. The van der Waals surface area contributed by atoms with Crippen LogP contribution in [0.25, 0.3) is 0 Å². The van der Waals surface area contributed by atoms with Crippen LogP contribution in [0.2, 0.25) is 0 Å². The molecule has 0 bridgehead atoms. The lowest BCUT2D eigenvalue weighted by Crippen LogP contribution is -2.43. The summed E-state index contributed by atoms with van der Waals surface area (Å²) in [7, 11) is 0. The van der Waals surface area contributed by atoms with Crippen LogP contribution >= 0.6 is 0 Å². The first-order valence-corrected chi connectivity index (χ1v) is 4.70. The fourth-order valence-corrected chi connectivity index (χ4v) is 1.09. The zero-order valence-electron chi connectivity index (χ0n) is 8.71. The van der Waals surface area contributed by atoms with Crippen LogP contribution in [0, 0.1) is 0 Å². The molecule has 0 saturated heterocycles. The number of hydrogen-bond acceptors (Lipinski definition) is 5. The number of hydrogen-bond donors (Lipinski definition) is 3. The quantitative estimate of drug-likeness (QED) is 0.563. The second-order valence-corrected chi connectivity index (χ2v) is 3.16. The van der Waals surface area contributed by atoms with Gasteiger partial charge in [0.2, 0.25) is 5.76 Å². The van der Waals surface area contributed by atoms with Crippen LogP contribution in [0.3, 0.4) is 0 Å². The zero-order valence-corrected chi connectivity index (χ0v) is 8.71. The average molecular weight is 245 g/mol. The maximum absolute atomic E-state index is 11.5. The van der Waals surface area contributed by atoms with E-state index in [4.69, 9.17) is 19.7 Å². The van der Waals surface area contributed by atoms with E-state index in [-0.39, 0.29) is 12.4 Å². The lowest BCUT2D eigenvalue weighted by molar-refractivity contribution is -0.147. The maximum atomic E-state index is 11.5. The summed E-state index contributed by atoms with van der Waals surface area (Å²) in [4.78, 5) is 32.5. The van der Waals surface area contributed by atoms with Crippen molar-refractivity contribution in [2.24, 2.45) is 0 Å². The van der Waals surface area contributed by atoms with Crippen LogP contribution in [0.5, 0.6) is 0 Å². The summed E-state index contributed by atoms with van der Waals surface area (Å²) in [5.74, 6) is -3.75. The molecule has 0 radical (unpaired) electrons. The molecule has 0 aliphatic carbocycles. The van der Waals surface area contributed by atoms with Crippen molar-refractivity contribution in [1.82, 2.24) is 5.32 Å². The summed E-state index contributed by atoms with van der Waals surface area (Å²) in [6, 6.07) is -1.51. The Kier molecular flexibility index (Phi) is 4.32. The monoisotopic (exact) mass is 245 g/mol. The number of ether oxygens (including phenoxy) is 2. The molecule has 1 aliphatic heterocycles. The van der Waals surface area contributed by atoms with Crippen molar-refractivity contribution in [2.75, 3.05) is 13.2 Å². The Morgan fingerprint density at radius 2 is 2.06 bits per heavy atom. The van der Waals surface area contributed by atoms with Crippen LogP contribution < -0.4 is 5.32 Å². The Morgan fingerprint density at radius 1 is 1.35 bits per heavy atom. The lowest BCUT2D eigenvalue weighted by atomic mass is 10.2. The Bertz CT molecular complexity index is 362. The summed E-state index contributed by atoms with van der Waals surface area (Å²) < 4.78 is 9.72. The Balaban J connectivity index is 2.60. The standard InChI is InChI=1S/C9H11NO7/c11-7(12)3-5(9(14)15)10-8(13)6-4-16-1-2-17-6/h4-5H,1-3H2,(H,10,13)(H,11,12)(H,14,15)/t5-/m1/s1. The highest BCUT2D eigenvalue weighted by atomic mass is 16.6. The fourth-order valence-electron chi connectivity index (χ4n) is 1.09. The van der Waals surface area contributed by atoms with Gasteiger partial charge in [0.15, 0.2) is 0 Å². The molecular weight excluding hydrogens is 234 g/mol. The van der Waals surface area contributed by atoms with Gasteiger partial charge in [0.25, 0.3) is 5.91 Å². The SMILES string of the molecule is O=C(O)C[C@@H](NC(=O)C1=COCCO1)C(=O)O. The van der Waals surface area contributed by atoms with Crippen LogP contribution in [0.1, 0.15) is 6.42 Å². The number of aliphatic carboxylic acids is 2. The third-order valence-electron chi connectivity index (χ3n) is 1.86. The molecule has 0 aromatic carbocycles. The minimum atomic E-state index is -1.51. The molecule has 3 N–H and O–H groups in total. The van der Waals surface area contributed by atoms with Gasteiger partial charge in [-0.15, -0.1) is 0 Å². The number of rotatable bonds is 5. The van der Waals surface area contributed by atoms with Crippen molar-refractivity contribution >= 4 is 17.8 Å². The number of carbonyl (C=O) groups excluding carboxylic acids is 1. The first kappa shape index (κ1) is 12.8. The predicted molar refractivity (Wildman–Crippen MR) is 51.8 cm³/mol. The minimum absolute atomic E-state index is 0.173. The van der Waals surface area contributed by atoms with Crippen molar-refractivity contribution in [3.05, 3.63) is 12.0 Å². The number of carbonyl (C=O) groups is 3. The van der Waals surface area contributed by atoms with Crippen LogP contribution in [-0.2, 0) is 23.9 Å². The van der Waals surface area contributed by atoms with E-state index in [0.717, 1.165) is 6.26 Å². The summed E-state index contributed by atoms with van der Waals surface area (Å²) in [5, 5.41) is 19.2. The lowest BCUT2D eigenvalue weighted by Gasteiger charge is -2.17. The summed E-state index contributed by atoms with van der Waals surface area (Å²) in [6.45, 7) is 0.476. The highest BCUT2D eigenvalue weighted by Crippen LogP contribution is 2.05. The normalized spacial score (nSPS) is 15.9. The van der Waals surface area contributed by atoms with Gasteiger partial charge in [0.1, 0.15) is 25.5 Å². The van der Waals surface area contributed by atoms with Gasteiger partial charge in [-0.05, 0) is 0 Å². The number of carboxylic acids is 2. The van der Waals surface area contributed by atoms with Crippen molar-refractivity contribution in [1.29, 1.82) is 0 Å². The van der Waals surface area contributed by atoms with Crippen molar-refractivity contribution in [3.63, 3.8) is 0 Å². The van der Waals surface area contributed by atoms with E-state index in [2.05, 4.69) is 0 Å². The summed E-state index contributed by atoms with van der Waals surface area (Å²) in [6.07, 6.45) is 0.341. The van der Waals surface area contributed by atoms with E-state index in [0.29, 0.717) is 6.61 Å². The summed E-state index contributed by atoms with van der Waals surface area (Å²) >= 11 is 0. The minimum Gasteiger partial charge on any atom is -0.494 e. The number of amides is 1. The van der Waals surface area contributed by atoms with Gasteiger partial charge in [-0.25, -0.2) is 4.79 Å². The predicted octanol–water partition coefficient (Wildman–Crippen LogP) is -1.08. The molecule has 0 spiro atoms. The van der Waals surface area contributed by atoms with E-state index in [9.17, 15) is 14.4 Å². The molecule has 1 atom stereocenters. The summed E-state index contributed by atoms with van der Waals surface area (Å²) in [5.41, 5.74) is 0. The van der Waals surface area contributed by atoms with E-state index in [1.165, 1.54) is 0 Å². The second-order valence-electron chi connectivity index (χ2n) is 3.16. The molecule has 1 amide bonds. The molecule has 8 nitrogen and oxygen atoms in total. The van der Waals surface area contributed by atoms with E-state index in [1.54, 1.807) is 0 Å². The third-order valence-corrected chi connectivity index (χ3v) is 1.86. The van der Waals surface area contributed by atoms with Gasteiger partial charge >= 0.3 is 11.9 Å². The first-order chi connectivity index (χ1) is 8.00. The maximum Gasteiger partial charge on any atom is 0.326 e. The fraction of sp³-hybridized carbons (Fsp3) is 0.444. The van der Waals surface area contributed by atoms with E-state index < -0.39 is 30.3 Å². The molecule has 8 heteroatoms. The largest absolute Gasteiger partial charge is 0.494 e. The van der Waals surface area contributed by atoms with Gasteiger partial charge in [-0.2, -0.15) is 0 Å². The second kappa shape index (κ2) is 5.73. The van der Waals surface area contributed by atoms with Crippen molar-refractivity contribution < 1.29 is 34.1 Å². The van der Waals surface area contributed by atoms with Crippen molar-refractivity contribution in [3.8, 4) is 0 Å². The number of carboxylic acid groups (broad SMARTS) is 2. The number of nitrogens with one attached hydrogen (secondary N) is 1. The highest BCUT2D eigenvalue weighted by molar-refractivity contribution is 5.95. The first-order valence-electron chi connectivity index (χ1n) is 4.70. The Morgan fingerprint density at radius 3 is 2.53 bits per heavy atom. The molecule has 1 heterocycles. The zero-order chi connectivity index (χ0) is 12.8. The van der Waals surface area contributed by atoms with Gasteiger partial charge < -0.3 is 25.0 Å². The molecule has 0 aromatic rings. The van der Waals surface area contributed by atoms with Gasteiger partial charge in [0, 0.05) is 0 Å². The van der Waals surface area contributed by atoms with Crippen LogP contribution in [0.15, 0.2) is 12.0 Å². The van der Waals surface area contributed by atoms with Gasteiger partial charge in [0.05, 0.1) is 6.42 Å². The molecule has 1 aliphatic rings. The molecular formula is C9H11NO7. The Hall–Kier alpha value is -2.25. The Labute approximate surface area is 95.8 Å². The smallest absolute Gasteiger partial charge is 0.326 e. The van der Waals surface area contributed by atoms with Gasteiger partial charge in [-0.3, -0.25) is 9.59 Å². The molecule has 0 aromatic heterocycles. The third kappa shape index (κ3) is 4.01. The molecule has 0 saturated carbocycles. The van der Waals surface area contributed by atoms with Crippen LogP contribution in [-0.4, -0.2) is 47.3 Å². The molecule has 1 rings (SSSR count). The van der Waals surface area contributed by atoms with Crippen molar-refractivity contribution in [2.45, 2.75) is 12.5 Å². The molecule has 17 heavy (non-hydrogen) atoms. The molecule has 94 valence electrons. The van der Waals surface area contributed by atoms with Gasteiger partial charge in [-0.1, -0.05) is 0 Å². The van der Waals surface area contributed by atoms with E-state index in [1.807, 2.05) is 5.32 Å². The molecule has 0 unspecified atom stereocenters. The molecule has 0 fully saturated rings. The van der Waals surface area contributed by atoms with Crippen LogP contribution in [0.4, 0.5) is 0 Å². The topological polar surface area (TPSA) is 122 Å². The average Bonchev–Trinajstić information content (AvgIpc) is 2.28.